The van der Waals surface area contributed by atoms with Gasteiger partial charge in [-0.1, -0.05) is 36.9 Å². The number of rotatable bonds is 5. The van der Waals surface area contributed by atoms with Crippen LogP contribution in [0, 0.1) is 0 Å². The van der Waals surface area contributed by atoms with Crippen molar-refractivity contribution < 1.29 is 9.21 Å². The second-order valence-corrected chi connectivity index (χ2v) is 10.2. The van der Waals surface area contributed by atoms with Gasteiger partial charge < -0.3 is 9.32 Å². The molecule has 8 nitrogen and oxygen atoms in total. The number of benzene rings is 2. The molecule has 5 rings (SSSR count). The Morgan fingerprint density at radius 2 is 1.97 bits per heavy atom. The topological polar surface area (TPSA) is 94.1 Å². The summed E-state index contributed by atoms with van der Waals surface area (Å²) >= 11 is 1.18. The molecule has 34 heavy (non-hydrogen) atoms. The van der Waals surface area contributed by atoms with E-state index in [0.717, 1.165) is 23.2 Å². The molecule has 4 aromatic rings. The number of Topliss-reactive ketones (excluding diaryl/α,β-unsaturated/α-hetero) is 1. The molecular weight excluding hydrogens is 450 g/mol. The van der Waals surface area contributed by atoms with Gasteiger partial charge in [0.05, 0.1) is 11.4 Å². The molecule has 1 atom stereocenters. The molecule has 0 saturated carbocycles. The number of nitrogens with zero attached hydrogens (tertiary/aromatic N) is 5. The predicted molar refractivity (Wildman–Crippen MR) is 132 cm³/mol. The minimum atomic E-state index is -0.633. The molecule has 0 spiro atoms. The second kappa shape index (κ2) is 8.39. The highest BCUT2D eigenvalue weighted by molar-refractivity contribution is 7.99. The van der Waals surface area contributed by atoms with E-state index in [-0.39, 0.29) is 22.6 Å². The normalized spacial score (nSPS) is 17.1. The maximum atomic E-state index is 13.0. The van der Waals surface area contributed by atoms with Gasteiger partial charge in [0.1, 0.15) is 11.1 Å². The lowest BCUT2D eigenvalue weighted by molar-refractivity contribution is 0.101. The van der Waals surface area contributed by atoms with Crippen molar-refractivity contribution in [3.05, 3.63) is 70.1 Å². The van der Waals surface area contributed by atoms with E-state index >= 15 is 0 Å². The maximum absolute atomic E-state index is 13.0. The molecule has 0 radical (unpaired) electrons. The molecule has 0 fully saturated rings. The fourth-order valence-electron chi connectivity index (χ4n) is 4.58. The first-order valence-electron chi connectivity index (χ1n) is 11.1. The van der Waals surface area contributed by atoms with Crippen molar-refractivity contribution in [2.75, 3.05) is 17.7 Å². The lowest BCUT2D eigenvalue weighted by Crippen LogP contribution is -2.45. The van der Waals surface area contributed by atoms with Crippen LogP contribution in [0.4, 0.5) is 5.69 Å². The minimum Gasteiger partial charge on any atom is -0.422 e. The Hall–Kier alpha value is -3.46. The molecule has 2 aromatic carbocycles. The number of fused-ring (bicyclic) bond motifs is 2. The zero-order valence-corrected chi connectivity index (χ0v) is 20.3. The molecule has 0 unspecified atom stereocenters. The molecule has 0 amide bonds. The van der Waals surface area contributed by atoms with E-state index in [1.165, 1.54) is 17.3 Å². The molecule has 9 heteroatoms. The Morgan fingerprint density at radius 3 is 2.74 bits per heavy atom. The molecule has 3 heterocycles. The van der Waals surface area contributed by atoms with Crippen LogP contribution in [0.3, 0.4) is 0 Å². The first-order chi connectivity index (χ1) is 16.2. The summed E-state index contributed by atoms with van der Waals surface area (Å²) in [5, 5.41) is 13.0. The van der Waals surface area contributed by atoms with Crippen LogP contribution in [-0.4, -0.2) is 44.3 Å². The average Bonchev–Trinajstić information content (AvgIpc) is 3.29. The van der Waals surface area contributed by atoms with Gasteiger partial charge in [-0.3, -0.25) is 4.79 Å². The van der Waals surface area contributed by atoms with Gasteiger partial charge in [0.2, 0.25) is 5.16 Å². The first-order valence-corrected chi connectivity index (χ1v) is 12.1. The van der Waals surface area contributed by atoms with Crippen molar-refractivity contribution in [3.63, 3.8) is 0 Å². The van der Waals surface area contributed by atoms with Gasteiger partial charge in [-0.25, -0.2) is 4.79 Å². The van der Waals surface area contributed by atoms with Gasteiger partial charge in [0.25, 0.3) is 0 Å². The number of para-hydroxylation sites is 1. The van der Waals surface area contributed by atoms with Crippen LogP contribution in [0.25, 0.3) is 16.7 Å². The number of hydrogen-bond acceptors (Lipinski definition) is 8. The monoisotopic (exact) mass is 475 g/mol. The van der Waals surface area contributed by atoms with Crippen molar-refractivity contribution in [2.24, 2.45) is 0 Å². The Kier molecular flexibility index (Phi) is 5.51. The standard InChI is InChI=1S/C25H25N5O3S/c1-15-13-25(2,3)29(4)20-12-22-16(10-18(15)20)11-19(23(32)33-22)21(31)14-34-24-26-27-28-30(24)17-8-6-5-7-9-17/h5-12,15H,13-14H2,1-4H3/t15-/m1/s1. The van der Waals surface area contributed by atoms with Gasteiger partial charge in [0, 0.05) is 29.7 Å². The van der Waals surface area contributed by atoms with Gasteiger partial charge in [0.15, 0.2) is 5.78 Å². The molecule has 2 aromatic heterocycles. The summed E-state index contributed by atoms with van der Waals surface area (Å²) in [5.41, 5.74) is 2.93. The van der Waals surface area contributed by atoms with E-state index in [2.05, 4.69) is 48.2 Å². The predicted octanol–water partition coefficient (Wildman–Crippen LogP) is 4.47. The third kappa shape index (κ3) is 3.90. The SMILES string of the molecule is C[C@@H]1CC(C)(C)N(C)c2cc3oc(=O)c(C(=O)CSc4nnnn4-c4ccccc4)cc3cc21. The lowest BCUT2D eigenvalue weighted by Gasteiger charge is -2.45. The number of hydrogen-bond donors (Lipinski definition) is 0. The molecule has 0 aliphatic carbocycles. The summed E-state index contributed by atoms with van der Waals surface area (Å²) in [6.45, 7) is 6.62. The van der Waals surface area contributed by atoms with Gasteiger partial charge >= 0.3 is 5.63 Å². The third-order valence-corrected chi connectivity index (χ3v) is 7.48. The zero-order valence-electron chi connectivity index (χ0n) is 19.5. The van der Waals surface area contributed by atoms with E-state index in [0.29, 0.717) is 16.7 Å². The fourth-order valence-corrected chi connectivity index (χ4v) is 5.36. The number of carbonyl (C=O) groups is 1. The second-order valence-electron chi connectivity index (χ2n) is 9.29. The van der Waals surface area contributed by atoms with Crippen molar-refractivity contribution in [3.8, 4) is 5.69 Å². The summed E-state index contributed by atoms with van der Waals surface area (Å²) in [4.78, 5) is 27.9. The Bertz CT molecular complexity index is 1440. The largest absolute Gasteiger partial charge is 0.422 e. The van der Waals surface area contributed by atoms with Crippen molar-refractivity contribution in [2.45, 2.75) is 43.8 Å². The zero-order chi connectivity index (χ0) is 24.0. The fraction of sp³-hybridized carbons (Fsp3) is 0.320. The van der Waals surface area contributed by atoms with E-state index in [1.54, 1.807) is 10.7 Å². The van der Waals surface area contributed by atoms with Crippen LogP contribution < -0.4 is 10.5 Å². The quantitative estimate of drug-likeness (QED) is 0.237. The van der Waals surface area contributed by atoms with Crippen molar-refractivity contribution in [1.29, 1.82) is 0 Å². The van der Waals surface area contributed by atoms with Crippen LogP contribution >= 0.6 is 11.8 Å². The number of tetrazole rings is 1. The Balaban J connectivity index is 1.43. The molecule has 0 saturated heterocycles. The van der Waals surface area contributed by atoms with Crippen molar-refractivity contribution in [1.82, 2.24) is 20.2 Å². The molecular formula is C25H25N5O3S. The van der Waals surface area contributed by atoms with Crippen LogP contribution in [0.15, 0.2) is 62.9 Å². The molecule has 0 N–H and O–H groups in total. The van der Waals surface area contributed by atoms with Gasteiger partial charge in [-0.2, -0.15) is 4.68 Å². The van der Waals surface area contributed by atoms with Crippen LogP contribution in [0.1, 0.15) is 49.0 Å². The number of thioether (sulfide) groups is 1. The highest BCUT2D eigenvalue weighted by atomic mass is 32.2. The van der Waals surface area contributed by atoms with Crippen LogP contribution in [0.5, 0.6) is 0 Å². The molecule has 0 bridgehead atoms. The Morgan fingerprint density at radius 1 is 1.21 bits per heavy atom. The number of anilines is 1. The Labute approximate surface area is 201 Å². The molecule has 174 valence electrons. The summed E-state index contributed by atoms with van der Waals surface area (Å²) in [7, 11) is 2.06. The third-order valence-electron chi connectivity index (χ3n) is 6.56. The summed E-state index contributed by atoms with van der Waals surface area (Å²) in [6, 6.07) is 15.0. The minimum absolute atomic E-state index is 0.00266. The summed E-state index contributed by atoms with van der Waals surface area (Å²) < 4.78 is 7.17. The smallest absolute Gasteiger partial charge is 0.347 e. The van der Waals surface area contributed by atoms with E-state index in [9.17, 15) is 9.59 Å². The van der Waals surface area contributed by atoms with Gasteiger partial charge in [-0.05, 0) is 66.4 Å². The van der Waals surface area contributed by atoms with Crippen LogP contribution in [-0.2, 0) is 0 Å². The molecule has 1 aliphatic heterocycles. The number of ketones is 1. The number of aromatic nitrogens is 4. The van der Waals surface area contributed by atoms with Crippen LogP contribution in [0.2, 0.25) is 0 Å². The number of carbonyl (C=O) groups excluding carboxylic acids is 1. The average molecular weight is 476 g/mol. The summed E-state index contributed by atoms with van der Waals surface area (Å²) in [6.07, 6.45) is 1.01. The van der Waals surface area contributed by atoms with E-state index in [1.807, 2.05) is 42.5 Å². The van der Waals surface area contributed by atoms with Gasteiger partial charge in [-0.15, -0.1) is 5.10 Å². The lowest BCUT2D eigenvalue weighted by atomic mass is 9.80. The first kappa shape index (κ1) is 22.3. The highest BCUT2D eigenvalue weighted by Crippen LogP contribution is 2.43. The van der Waals surface area contributed by atoms with E-state index in [4.69, 9.17) is 4.42 Å². The maximum Gasteiger partial charge on any atom is 0.347 e. The summed E-state index contributed by atoms with van der Waals surface area (Å²) in [5.74, 6) is 0.0400. The highest BCUT2D eigenvalue weighted by Gasteiger charge is 2.34. The molecule has 1 aliphatic rings. The van der Waals surface area contributed by atoms with Crippen molar-refractivity contribution >= 4 is 34.2 Å². The van der Waals surface area contributed by atoms with E-state index < -0.39 is 5.63 Å².